The molecule has 8 unspecified atom stereocenters. The number of cyclic esters (lactones) is 2. The van der Waals surface area contributed by atoms with Gasteiger partial charge in [-0.1, -0.05) is 37.6 Å². The third kappa shape index (κ3) is 3.83. The van der Waals surface area contributed by atoms with Gasteiger partial charge in [-0.3, -0.25) is 0 Å². The minimum atomic E-state index is -1.37. The van der Waals surface area contributed by atoms with E-state index in [1.54, 1.807) is 6.92 Å². The Balaban J connectivity index is 1.52. The van der Waals surface area contributed by atoms with E-state index in [0.717, 1.165) is 6.42 Å². The average molecular weight is 503 g/mol. The van der Waals surface area contributed by atoms with Gasteiger partial charge in [-0.15, -0.1) is 0 Å². The van der Waals surface area contributed by atoms with Crippen molar-refractivity contribution < 1.29 is 43.2 Å². The second kappa shape index (κ2) is 9.11. The van der Waals surface area contributed by atoms with Crippen LogP contribution >= 0.6 is 0 Å². The monoisotopic (exact) mass is 502 g/mol. The van der Waals surface area contributed by atoms with Gasteiger partial charge in [0, 0.05) is 24.0 Å². The van der Waals surface area contributed by atoms with Gasteiger partial charge in [0.1, 0.15) is 18.3 Å². The molecular weight excluding hydrogens is 468 g/mol. The van der Waals surface area contributed by atoms with Crippen molar-refractivity contribution in [2.45, 2.75) is 76.5 Å². The highest BCUT2D eigenvalue weighted by Gasteiger charge is 2.83. The Morgan fingerprint density at radius 2 is 1.75 bits per heavy atom. The number of aliphatic hydroxyl groups excluding tert-OH is 1. The number of hydrogen-bond donors (Lipinski definition) is 1. The van der Waals surface area contributed by atoms with Crippen LogP contribution in [0.4, 0.5) is 0 Å². The van der Waals surface area contributed by atoms with Crippen LogP contribution in [-0.2, 0) is 38.1 Å². The molecular formula is C27H34O9. The van der Waals surface area contributed by atoms with Crippen LogP contribution in [0.5, 0.6) is 0 Å². The molecule has 0 aromatic carbocycles. The molecule has 1 saturated carbocycles. The molecule has 9 nitrogen and oxygen atoms in total. The predicted octanol–water partition coefficient (Wildman–Crippen LogP) is 2.17. The number of ether oxygens (including phenoxy) is 5. The summed E-state index contributed by atoms with van der Waals surface area (Å²) in [5.74, 6) is -2.34. The van der Waals surface area contributed by atoms with Crippen LogP contribution in [0.15, 0.2) is 36.0 Å². The summed E-state index contributed by atoms with van der Waals surface area (Å²) in [6, 6.07) is 0. The highest BCUT2D eigenvalue weighted by molar-refractivity contribution is 5.84. The molecule has 3 fully saturated rings. The Bertz CT molecular complexity index is 1020. The largest absolute Gasteiger partial charge is 0.463 e. The van der Waals surface area contributed by atoms with E-state index in [1.165, 1.54) is 29.9 Å². The Labute approximate surface area is 210 Å². The van der Waals surface area contributed by atoms with Gasteiger partial charge in [-0.25, -0.2) is 14.4 Å². The first-order valence-electron chi connectivity index (χ1n) is 12.7. The molecule has 0 aromatic heterocycles. The molecule has 1 N–H and O–H groups in total. The number of aliphatic hydroxyl groups is 1. The first kappa shape index (κ1) is 25.2. The van der Waals surface area contributed by atoms with Gasteiger partial charge < -0.3 is 28.8 Å². The smallest absolute Gasteiger partial charge is 0.335 e. The Kier molecular flexibility index (Phi) is 6.37. The summed E-state index contributed by atoms with van der Waals surface area (Å²) in [6.45, 7) is 6.34. The van der Waals surface area contributed by atoms with Gasteiger partial charge in [0.2, 0.25) is 0 Å². The summed E-state index contributed by atoms with van der Waals surface area (Å²) in [7, 11) is 0. The van der Waals surface area contributed by atoms with Gasteiger partial charge in [0.15, 0.2) is 6.10 Å². The van der Waals surface area contributed by atoms with Crippen molar-refractivity contribution in [1.29, 1.82) is 0 Å². The highest BCUT2D eigenvalue weighted by atomic mass is 16.6. The molecule has 5 rings (SSSR count). The normalized spacial score (nSPS) is 46.8. The zero-order valence-electron chi connectivity index (χ0n) is 20.9. The fourth-order valence-corrected chi connectivity index (χ4v) is 6.65. The van der Waals surface area contributed by atoms with E-state index in [0.29, 0.717) is 19.4 Å². The SMILES string of the molecule is CC1=CC2OC3CC4OC(=O)/C=C/C=C/C(=O)OCCC(C)C(O)C(=O)OCC2(CC1)C4(C)C31CO1. The third-order valence-electron chi connectivity index (χ3n) is 9.12. The minimum absolute atomic E-state index is 0.00000344. The van der Waals surface area contributed by atoms with Crippen molar-refractivity contribution in [2.75, 3.05) is 19.8 Å². The zero-order chi connectivity index (χ0) is 25.7. The summed E-state index contributed by atoms with van der Waals surface area (Å²) in [5, 5.41) is 10.6. The number of carbonyl (C=O) groups excluding carboxylic acids is 3. The quantitative estimate of drug-likeness (QED) is 0.230. The van der Waals surface area contributed by atoms with E-state index in [9.17, 15) is 19.5 Å². The number of allylic oxidation sites excluding steroid dienone is 3. The Morgan fingerprint density at radius 3 is 2.47 bits per heavy atom. The van der Waals surface area contributed by atoms with Gasteiger partial charge in [-0.2, -0.15) is 0 Å². The molecule has 2 aliphatic carbocycles. The number of esters is 3. The molecule has 5 aliphatic rings. The lowest BCUT2D eigenvalue weighted by Crippen LogP contribution is -2.66. The Hall–Kier alpha value is -2.49. The molecule has 8 atom stereocenters. The van der Waals surface area contributed by atoms with Gasteiger partial charge >= 0.3 is 17.9 Å². The number of epoxide rings is 1. The molecule has 3 aliphatic heterocycles. The summed E-state index contributed by atoms with van der Waals surface area (Å²) < 4.78 is 29.6. The summed E-state index contributed by atoms with van der Waals surface area (Å²) in [5.41, 5.74) is -0.820. The van der Waals surface area contributed by atoms with Crippen molar-refractivity contribution in [2.24, 2.45) is 16.7 Å². The van der Waals surface area contributed by atoms with E-state index in [-0.39, 0.29) is 31.8 Å². The van der Waals surface area contributed by atoms with Crippen LogP contribution < -0.4 is 0 Å². The van der Waals surface area contributed by atoms with Crippen LogP contribution in [-0.4, -0.2) is 72.9 Å². The van der Waals surface area contributed by atoms with Gasteiger partial charge in [0.05, 0.1) is 30.8 Å². The third-order valence-corrected chi connectivity index (χ3v) is 9.12. The molecule has 0 amide bonds. The molecule has 2 spiro atoms. The molecule has 2 bridgehead atoms. The second-order valence-electron chi connectivity index (χ2n) is 11.0. The lowest BCUT2D eigenvalue weighted by molar-refractivity contribution is -0.234. The maximum absolute atomic E-state index is 12.9. The highest BCUT2D eigenvalue weighted by Crippen LogP contribution is 2.72. The molecule has 0 aromatic rings. The summed E-state index contributed by atoms with van der Waals surface area (Å²) >= 11 is 0. The fraction of sp³-hybridized carbons (Fsp3) is 0.667. The van der Waals surface area contributed by atoms with Crippen molar-refractivity contribution in [3.63, 3.8) is 0 Å². The maximum atomic E-state index is 12.9. The van der Waals surface area contributed by atoms with E-state index in [1.807, 2.05) is 0 Å². The summed E-state index contributed by atoms with van der Waals surface area (Å²) in [6.07, 6.45) is 7.11. The van der Waals surface area contributed by atoms with Gasteiger partial charge in [-0.05, 0) is 32.1 Å². The van der Waals surface area contributed by atoms with Crippen molar-refractivity contribution in [1.82, 2.24) is 0 Å². The van der Waals surface area contributed by atoms with Crippen molar-refractivity contribution in [3.05, 3.63) is 36.0 Å². The molecule has 196 valence electrons. The zero-order valence-corrected chi connectivity index (χ0v) is 20.9. The average Bonchev–Trinajstić information content (AvgIpc) is 3.62. The van der Waals surface area contributed by atoms with Crippen LogP contribution in [0.1, 0.15) is 46.5 Å². The first-order valence-corrected chi connectivity index (χ1v) is 12.7. The molecule has 0 radical (unpaired) electrons. The van der Waals surface area contributed by atoms with Crippen LogP contribution in [0.2, 0.25) is 0 Å². The number of carbonyl (C=O) groups is 3. The fourth-order valence-electron chi connectivity index (χ4n) is 6.65. The van der Waals surface area contributed by atoms with E-state index >= 15 is 0 Å². The number of hydrogen-bond acceptors (Lipinski definition) is 9. The molecule has 36 heavy (non-hydrogen) atoms. The lowest BCUT2D eigenvalue weighted by Gasteiger charge is -2.58. The molecule has 9 heteroatoms. The second-order valence-corrected chi connectivity index (χ2v) is 11.0. The van der Waals surface area contributed by atoms with Crippen LogP contribution in [0.3, 0.4) is 0 Å². The maximum Gasteiger partial charge on any atom is 0.335 e. The molecule has 2 saturated heterocycles. The van der Waals surface area contributed by atoms with E-state index < -0.39 is 52.5 Å². The number of rotatable bonds is 0. The van der Waals surface area contributed by atoms with Crippen LogP contribution in [0.25, 0.3) is 0 Å². The van der Waals surface area contributed by atoms with Gasteiger partial charge in [0.25, 0.3) is 0 Å². The van der Waals surface area contributed by atoms with Crippen LogP contribution in [0, 0.1) is 16.7 Å². The summed E-state index contributed by atoms with van der Waals surface area (Å²) in [4.78, 5) is 37.6. The van der Waals surface area contributed by atoms with Crippen molar-refractivity contribution in [3.8, 4) is 0 Å². The van der Waals surface area contributed by atoms with E-state index in [4.69, 9.17) is 23.7 Å². The topological polar surface area (TPSA) is 121 Å². The minimum Gasteiger partial charge on any atom is -0.463 e. The molecule has 3 heterocycles. The Morgan fingerprint density at radius 1 is 1.03 bits per heavy atom. The van der Waals surface area contributed by atoms with E-state index in [2.05, 4.69) is 19.9 Å². The van der Waals surface area contributed by atoms with Crippen molar-refractivity contribution >= 4 is 17.9 Å². The lowest BCUT2D eigenvalue weighted by atomic mass is 9.51. The predicted molar refractivity (Wildman–Crippen MR) is 125 cm³/mol. The standard InChI is InChI=1S/C27H34O9/c1-16-8-10-26-14-33-24(31)23(30)17(2)9-11-32-21(28)6-4-5-7-22(29)36-18-13-20(35-19(26)12-16)27(15-34-27)25(18,26)3/h4-7,12,17-20,23,30H,8-11,13-15H2,1-3H3/b6-4+,7-5+. The first-order chi connectivity index (χ1) is 17.1.